The standard InChI is InChI=1S/C15H24O2S2/c1-4-5-6-7-8-15-17-10-14(11-18-15,9-13(2)3)12-19(15)16/h1,13H,5-12H2,2-3H3. The van der Waals surface area contributed by atoms with Gasteiger partial charge in [-0.1, -0.05) is 13.8 Å². The van der Waals surface area contributed by atoms with Crippen molar-refractivity contribution in [3.05, 3.63) is 0 Å². The zero-order chi connectivity index (χ0) is 13.9. The fraction of sp³-hybridized carbons (Fsp3) is 0.867. The minimum absolute atomic E-state index is 0.157. The van der Waals surface area contributed by atoms with E-state index in [9.17, 15) is 4.21 Å². The van der Waals surface area contributed by atoms with Crippen molar-refractivity contribution in [2.24, 2.45) is 11.3 Å². The van der Waals surface area contributed by atoms with Crippen LogP contribution in [0, 0.1) is 23.7 Å². The van der Waals surface area contributed by atoms with E-state index in [1.807, 2.05) is 0 Å². The van der Waals surface area contributed by atoms with Gasteiger partial charge in [-0.25, -0.2) is 0 Å². The number of thioether (sulfide) groups is 1. The van der Waals surface area contributed by atoms with E-state index in [2.05, 4.69) is 19.8 Å². The van der Waals surface area contributed by atoms with Crippen LogP contribution in [0.25, 0.3) is 0 Å². The first-order chi connectivity index (χ1) is 9.02. The quantitative estimate of drug-likeness (QED) is 0.555. The number of fused-ring (bicyclic) bond motifs is 3. The molecule has 108 valence electrons. The van der Waals surface area contributed by atoms with Gasteiger partial charge in [0.2, 0.25) is 0 Å². The molecule has 0 aliphatic carbocycles. The lowest BCUT2D eigenvalue weighted by Crippen LogP contribution is -2.57. The molecule has 3 heterocycles. The van der Waals surface area contributed by atoms with Gasteiger partial charge in [-0.3, -0.25) is 4.21 Å². The second-order valence-corrected chi connectivity index (χ2v) is 9.39. The first kappa shape index (κ1) is 15.4. The van der Waals surface area contributed by atoms with Crippen LogP contribution in [0.5, 0.6) is 0 Å². The van der Waals surface area contributed by atoms with E-state index in [0.29, 0.717) is 5.92 Å². The predicted molar refractivity (Wildman–Crippen MR) is 83.3 cm³/mol. The molecule has 0 aromatic rings. The monoisotopic (exact) mass is 300 g/mol. The number of rotatable bonds is 6. The van der Waals surface area contributed by atoms with Crippen LogP contribution < -0.4 is 0 Å². The van der Waals surface area contributed by atoms with Crippen molar-refractivity contribution in [1.29, 1.82) is 0 Å². The van der Waals surface area contributed by atoms with Crippen LogP contribution in [0.15, 0.2) is 0 Å². The number of hydrogen-bond donors (Lipinski definition) is 0. The van der Waals surface area contributed by atoms with Crippen molar-refractivity contribution in [2.75, 3.05) is 18.1 Å². The summed E-state index contributed by atoms with van der Waals surface area (Å²) >= 11 is 1.79. The molecule has 0 N–H and O–H groups in total. The number of terminal acetylenes is 1. The molecule has 0 radical (unpaired) electrons. The highest BCUT2D eigenvalue weighted by Gasteiger charge is 2.55. The summed E-state index contributed by atoms with van der Waals surface area (Å²) in [5, 5.41) is 0. The molecule has 3 atom stereocenters. The van der Waals surface area contributed by atoms with E-state index >= 15 is 0 Å². The highest BCUT2D eigenvalue weighted by molar-refractivity contribution is 8.12. The van der Waals surface area contributed by atoms with Crippen LogP contribution in [0.3, 0.4) is 0 Å². The van der Waals surface area contributed by atoms with Gasteiger partial charge in [-0.15, -0.1) is 24.1 Å². The van der Waals surface area contributed by atoms with Crippen molar-refractivity contribution in [3.8, 4) is 12.3 Å². The van der Waals surface area contributed by atoms with Crippen LogP contribution in [0.2, 0.25) is 0 Å². The summed E-state index contributed by atoms with van der Waals surface area (Å²) in [5.41, 5.74) is 0.157. The maximum absolute atomic E-state index is 12.6. The third kappa shape index (κ3) is 3.37. The number of unbranched alkanes of at least 4 members (excludes halogenated alkanes) is 2. The molecule has 0 spiro atoms. The molecule has 0 saturated carbocycles. The molecule has 3 aliphatic rings. The van der Waals surface area contributed by atoms with Crippen LogP contribution in [-0.2, 0) is 15.5 Å². The third-order valence-electron chi connectivity index (χ3n) is 3.88. The first-order valence-electron chi connectivity index (χ1n) is 7.12. The van der Waals surface area contributed by atoms with Gasteiger partial charge in [0, 0.05) is 23.3 Å². The van der Waals surface area contributed by atoms with Crippen molar-refractivity contribution in [1.82, 2.24) is 0 Å². The second-order valence-electron chi connectivity index (χ2n) is 6.26. The summed E-state index contributed by atoms with van der Waals surface area (Å²) < 4.78 is 18.2. The van der Waals surface area contributed by atoms with Gasteiger partial charge >= 0.3 is 0 Å². The molecule has 3 aliphatic heterocycles. The summed E-state index contributed by atoms with van der Waals surface area (Å²) in [6.07, 6.45) is 10.1. The normalized spacial score (nSPS) is 37.5. The molecule has 0 aromatic carbocycles. The molecule has 3 unspecified atom stereocenters. The molecule has 0 aromatic heterocycles. The summed E-state index contributed by atoms with van der Waals surface area (Å²) in [4.78, 5) is 0. The summed E-state index contributed by atoms with van der Waals surface area (Å²) in [5.74, 6) is 5.23. The Morgan fingerprint density at radius 1 is 1.47 bits per heavy atom. The van der Waals surface area contributed by atoms with Gasteiger partial charge < -0.3 is 4.74 Å². The number of ether oxygens (including phenoxy) is 1. The molecule has 2 nitrogen and oxygen atoms in total. The van der Waals surface area contributed by atoms with Crippen molar-refractivity contribution >= 4 is 22.6 Å². The zero-order valence-electron chi connectivity index (χ0n) is 11.9. The Balaban J connectivity index is 1.94. The van der Waals surface area contributed by atoms with Gasteiger partial charge in [0.25, 0.3) is 0 Å². The Bertz CT molecular complexity index is 376. The molecule has 3 saturated heterocycles. The molecule has 2 bridgehead atoms. The highest BCUT2D eigenvalue weighted by atomic mass is 32.2. The zero-order valence-corrected chi connectivity index (χ0v) is 13.6. The molecular weight excluding hydrogens is 276 g/mol. The van der Waals surface area contributed by atoms with Gasteiger partial charge in [0.1, 0.15) is 0 Å². The summed E-state index contributed by atoms with van der Waals surface area (Å²) in [6, 6.07) is 0. The van der Waals surface area contributed by atoms with E-state index in [1.54, 1.807) is 11.8 Å². The average Bonchev–Trinajstić information content (AvgIpc) is 2.36. The molecular formula is C15H24O2S2. The first-order valence-corrected chi connectivity index (χ1v) is 9.42. The van der Waals surface area contributed by atoms with Crippen LogP contribution in [-0.4, -0.2) is 26.6 Å². The molecule has 3 fully saturated rings. The van der Waals surface area contributed by atoms with E-state index in [0.717, 1.165) is 50.2 Å². The summed E-state index contributed by atoms with van der Waals surface area (Å²) in [7, 11) is -0.859. The highest BCUT2D eigenvalue weighted by Crippen LogP contribution is 2.53. The lowest BCUT2D eigenvalue weighted by Gasteiger charge is -2.52. The lowest BCUT2D eigenvalue weighted by molar-refractivity contribution is -0.00889. The smallest absolute Gasteiger partial charge is 0.188 e. The van der Waals surface area contributed by atoms with Crippen molar-refractivity contribution in [2.45, 2.75) is 50.2 Å². The molecule has 19 heavy (non-hydrogen) atoms. The maximum Gasteiger partial charge on any atom is 0.188 e. The molecule has 4 heteroatoms. The minimum atomic E-state index is -0.859. The van der Waals surface area contributed by atoms with E-state index in [1.165, 1.54) is 0 Å². The summed E-state index contributed by atoms with van der Waals surface area (Å²) in [6.45, 7) is 5.26. The molecule has 0 amide bonds. The number of hydrogen-bond acceptors (Lipinski definition) is 3. The fourth-order valence-corrected chi connectivity index (χ4v) is 6.99. The second kappa shape index (κ2) is 6.20. The van der Waals surface area contributed by atoms with Crippen LogP contribution in [0.4, 0.5) is 0 Å². The van der Waals surface area contributed by atoms with Crippen molar-refractivity contribution < 1.29 is 8.95 Å². The SMILES string of the molecule is C#CCCCCC12OCC(CC(C)C)(CS1)CS2=O. The van der Waals surface area contributed by atoms with Crippen LogP contribution >= 0.6 is 11.8 Å². The maximum atomic E-state index is 12.6. The van der Waals surface area contributed by atoms with Gasteiger partial charge in [0.05, 0.1) is 17.4 Å². The predicted octanol–water partition coefficient (Wildman–Crippen LogP) is 3.39. The Labute approximate surface area is 123 Å². The van der Waals surface area contributed by atoms with Gasteiger partial charge in [0.15, 0.2) is 4.27 Å². The van der Waals surface area contributed by atoms with Crippen molar-refractivity contribution in [3.63, 3.8) is 0 Å². The Morgan fingerprint density at radius 2 is 2.26 bits per heavy atom. The fourth-order valence-electron chi connectivity index (χ4n) is 3.08. The van der Waals surface area contributed by atoms with Crippen LogP contribution in [0.1, 0.15) is 46.0 Å². The van der Waals surface area contributed by atoms with Gasteiger partial charge in [-0.05, 0) is 31.6 Å². The Kier molecular flexibility index (Phi) is 5.03. The molecule has 3 rings (SSSR count). The lowest BCUT2D eigenvalue weighted by atomic mass is 9.84. The Morgan fingerprint density at radius 3 is 2.79 bits per heavy atom. The Hall–Kier alpha value is 0.0200. The minimum Gasteiger partial charge on any atom is -0.352 e. The van der Waals surface area contributed by atoms with E-state index in [-0.39, 0.29) is 5.41 Å². The van der Waals surface area contributed by atoms with E-state index in [4.69, 9.17) is 11.2 Å². The average molecular weight is 300 g/mol. The third-order valence-corrected chi connectivity index (χ3v) is 8.20. The largest absolute Gasteiger partial charge is 0.352 e. The van der Waals surface area contributed by atoms with Gasteiger partial charge in [-0.2, -0.15) is 0 Å². The topological polar surface area (TPSA) is 26.3 Å². The van der Waals surface area contributed by atoms with E-state index < -0.39 is 15.1 Å².